The monoisotopic (exact) mass is 353 g/mol. The van der Waals surface area contributed by atoms with E-state index < -0.39 is 4.92 Å². The lowest BCUT2D eigenvalue weighted by Crippen LogP contribution is -2.37. The van der Waals surface area contributed by atoms with Crippen molar-refractivity contribution >= 4 is 27.5 Å². The van der Waals surface area contributed by atoms with Crippen molar-refractivity contribution in [1.82, 2.24) is 10.2 Å². The number of carbonyl (C=O) groups excluding carboxylic acids is 1. The Morgan fingerprint density at radius 3 is 2.81 bits per heavy atom. The van der Waals surface area contributed by atoms with Crippen LogP contribution in [-0.4, -0.2) is 40.9 Å². The molecule has 0 bridgehead atoms. The predicted molar refractivity (Wildman–Crippen MR) is 81.3 cm³/mol. The average molecular weight is 354 g/mol. The lowest BCUT2D eigenvalue weighted by atomic mass is 10.1. The number of nitro groups is 1. The molecule has 3 rings (SSSR count). The Morgan fingerprint density at radius 2 is 2.14 bits per heavy atom. The number of benzene rings is 1. The Kier molecular flexibility index (Phi) is 3.95. The molecule has 1 aromatic carbocycles. The SMILES string of the molecule is O=C(NC1CCN(C2CC2)C1)c1ccc(Br)c([N+](=O)[O-])c1. The van der Waals surface area contributed by atoms with Crippen LogP contribution in [0, 0.1) is 10.1 Å². The van der Waals surface area contributed by atoms with Crippen LogP contribution in [0.4, 0.5) is 5.69 Å². The van der Waals surface area contributed by atoms with Gasteiger partial charge in [-0.25, -0.2) is 0 Å². The number of hydrogen-bond acceptors (Lipinski definition) is 4. The summed E-state index contributed by atoms with van der Waals surface area (Å²) in [4.78, 5) is 25.0. The lowest BCUT2D eigenvalue weighted by molar-refractivity contribution is -0.385. The molecule has 1 amide bonds. The largest absolute Gasteiger partial charge is 0.348 e. The van der Waals surface area contributed by atoms with Crippen molar-refractivity contribution in [2.75, 3.05) is 13.1 Å². The molecule has 1 saturated heterocycles. The maximum absolute atomic E-state index is 12.2. The van der Waals surface area contributed by atoms with Crippen molar-refractivity contribution in [2.45, 2.75) is 31.3 Å². The molecule has 2 fully saturated rings. The number of carbonyl (C=O) groups is 1. The van der Waals surface area contributed by atoms with Crippen LogP contribution in [0.5, 0.6) is 0 Å². The highest BCUT2D eigenvalue weighted by Gasteiger charge is 2.34. The molecule has 1 N–H and O–H groups in total. The summed E-state index contributed by atoms with van der Waals surface area (Å²) < 4.78 is 0.379. The zero-order valence-corrected chi connectivity index (χ0v) is 13.0. The maximum atomic E-state index is 12.2. The van der Waals surface area contributed by atoms with E-state index in [1.165, 1.54) is 25.0 Å². The number of amides is 1. The molecule has 1 saturated carbocycles. The van der Waals surface area contributed by atoms with Gasteiger partial charge in [0.1, 0.15) is 0 Å². The first-order valence-corrected chi connectivity index (χ1v) is 7.83. The molecule has 21 heavy (non-hydrogen) atoms. The summed E-state index contributed by atoms with van der Waals surface area (Å²) in [6.45, 7) is 1.91. The molecule has 1 unspecified atom stereocenters. The fraction of sp³-hybridized carbons (Fsp3) is 0.500. The summed E-state index contributed by atoms with van der Waals surface area (Å²) >= 11 is 3.12. The van der Waals surface area contributed by atoms with E-state index in [-0.39, 0.29) is 17.6 Å². The Hall–Kier alpha value is -1.47. The minimum absolute atomic E-state index is 0.0892. The Bertz CT molecular complexity index is 589. The van der Waals surface area contributed by atoms with Gasteiger partial charge in [-0.2, -0.15) is 0 Å². The Morgan fingerprint density at radius 1 is 1.38 bits per heavy atom. The van der Waals surface area contributed by atoms with Gasteiger partial charge in [0.25, 0.3) is 11.6 Å². The number of nitro benzene ring substituents is 1. The molecule has 2 aliphatic rings. The van der Waals surface area contributed by atoms with Gasteiger partial charge in [0.2, 0.25) is 0 Å². The summed E-state index contributed by atoms with van der Waals surface area (Å²) in [7, 11) is 0. The molecular formula is C14H16BrN3O3. The molecule has 1 heterocycles. The average Bonchev–Trinajstić information content (AvgIpc) is 3.19. The van der Waals surface area contributed by atoms with Gasteiger partial charge in [-0.05, 0) is 47.3 Å². The van der Waals surface area contributed by atoms with E-state index in [1.807, 2.05) is 0 Å². The van der Waals surface area contributed by atoms with Crippen molar-refractivity contribution in [2.24, 2.45) is 0 Å². The van der Waals surface area contributed by atoms with Gasteiger partial charge in [-0.1, -0.05) is 0 Å². The van der Waals surface area contributed by atoms with Gasteiger partial charge in [0.15, 0.2) is 0 Å². The first-order valence-electron chi connectivity index (χ1n) is 7.03. The molecule has 112 valence electrons. The van der Waals surface area contributed by atoms with Gasteiger partial charge in [0.05, 0.1) is 9.40 Å². The molecule has 0 spiro atoms. The molecule has 1 atom stereocenters. The van der Waals surface area contributed by atoms with Crippen LogP contribution < -0.4 is 5.32 Å². The van der Waals surface area contributed by atoms with Crippen molar-refractivity contribution in [3.8, 4) is 0 Å². The van der Waals surface area contributed by atoms with Crippen molar-refractivity contribution in [1.29, 1.82) is 0 Å². The highest BCUT2D eigenvalue weighted by atomic mass is 79.9. The number of likely N-dealkylation sites (tertiary alicyclic amines) is 1. The van der Waals surface area contributed by atoms with Crippen LogP contribution in [0.1, 0.15) is 29.6 Å². The van der Waals surface area contributed by atoms with Crippen LogP contribution in [0.3, 0.4) is 0 Å². The summed E-state index contributed by atoms with van der Waals surface area (Å²) in [5, 5.41) is 13.9. The van der Waals surface area contributed by atoms with E-state index >= 15 is 0 Å². The third-order valence-electron chi connectivity index (χ3n) is 4.02. The molecule has 1 aliphatic carbocycles. The first-order chi connectivity index (χ1) is 10.0. The van der Waals surface area contributed by atoms with Gasteiger partial charge in [-0.3, -0.25) is 19.8 Å². The zero-order valence-electron chi connectivity index (χ0n) is 11.4. The van der Waals surface area contributed by atoms with Crippen LogP contribution in [0.25, 0.3) is 0 Å². The normalized spacial score (nSPS) is 22.2. The number of nitrogens with zero attached hydrogens (tertiary/aromatic N) is 2. The second-order valence-corrected chi connectivity index (χ2v) is 6.46. The molecule has 0 radical (unpaired) electrons. The van der Waals surface area contributed by atoms with Gasteiger partial charge in [-0.15, -0.1) is 0 Å². The molecule has 7 heteroatoms. The number of nitrogens with one attached hydrogen (secondary N) is 1. The van der Waals surface area contributed by atoms with E-state index in [4.69, 9.17) is 0 Å². The summed E-state index contributed by atoms with van der Waals surface area (Å²) in [6, 6.07) is 5.30. The quantitative estimate of drug-likeness (QED) is 0.665. The predicted octanol–water partition coefficient (Wildman–Crippen LogP) is 2.32. The Balaban J connectivity index is 1.65. The highest BCUT2D eigenvalue weighted by molar-refractivity contribution is 9.10. The van der Waals surface area contributed by atoms with Gasteiger partial charge in [0, 0.05) is 36.8 Å². The molecular weight excluding hydrogens is 338 g/mol. The fourth-order valence-electron chi connectivity index (χ4n) is 2.74. The van der Waals surface area contributed by atoms with Crippen LogP contribution in [-0.2, 0) is 0 Å². The minimum Gasteiger partial charge on any atom is -0.348 e. The van der Waals surface area contributed by atoms with E-state index in [0.29, 0.717) is 16.1 Å². The summed E-state index contributed by atoms with van der Waals surface area (Å²) in [5.74, 6) is -0.242. The molecule has 6 nitrogen and oxygen atoms in total. The lowest BCUT2D eigenvalue weighted by Gasteiger charge is -2.15. The summed E-state index contributed by atoms with van der Waals surface area (Å²) in [6.07, 6.45) is 3.47. The first kappa shape index (κ1) is 14.5. The van der Waals surface area contributed by atoms with Crippen molar-refractivity contribution in [3.63, 3.8) is 0 Å². The number of rotatable bonds is 4. The van der Waals surface area contributed by atoms with Gasteiger partial charge < -0.3 is 5.32 Å². The van der Waals surface area contributed by atoms with Crippen LogP contribution in [0.15, 0.2) is 22.7 Å². The van der Waals surface area contributed by atoms with Crippen molar-refractivity contribution in [3.05, 3.63) is 38.3 Å². The van der Waals surface area contributed by atoms with E-state index in [9.17, 15) is 14.9 Å². The second-order valence-electron chi connectivity index (χ2n) is 5.61. The van der Waals surface area contributed by atoms with Crippen molar-refractivity contribution < 1.29 is 9.72 Å². The second kappa shape index (κ2) is 5.73. The third kappa shape index (κ3) is 3.24. The standard InChI is InChI=1S/C14H16BrN3O3/c15-12-4-1-9(7-13(12)18(20)21)14(19)16-10-5-6-17(8-10)11-2-3-11/h1,4,7,10-11H,2-3,5-6,8H2,(H,16,19). The van der Waals surface area contributed by atoms with Crippen LogP contribution in [0.2, 0.25) is 0 Å². The maximum Gasteiger partial charge on any atom is 0.284 e. The number of halogens is 1. The fourth-order valence-corrected chi connectivity index (χ4v) is 3.13. The minimum atomic E-state index is -0.495. The van der Waals surface area contributed by atoms with Gasteiger partial charge >= 0.3 is 0 Å². The topological polar surface area (TPSA) is 75.5 Å². The Labute approximate surface area is 130 Å². The third-order valence-corrected chi connectivity index (χ3v) is 4.69. The smallest absolute Gasteiger partial charge is 0.284 e. The molecule has 1 aromatic rings. The van der Waals surface area contributed by atoms with E-state index in [0.717, 1.165) is 19.5 Å². The van der Waals surface area contributed by atoms with E-state index in [1.54, 1.807) is 6.07 Å². The molecule has 0 aromatic heterocycles. The summed E-state index contributed by atoms with van der Waals surface area (Å²) in [5.41, 5.74) is 0.239. The number of hydrogen-bond donors (Lipinski definition) is 1. The highest BCUT2D eigenvalue weighted by Crippen LogP contribution is 2.30. The zero-order chi connectivity index (χ0) is 15.0. The van der Waals surface area contributed by atoms with E-state index in [2.05, 4.69) is 26.1 Å². The van der Waals surface area contributed by atoms with Crippen LogP contribution >= 0.6 is 15.9 Å². The molecule has 1 aliphatic heterocycles.